The fraction of sp³-hybridized carbons (Fsp3) is 0.267. The van der Waals surface area contributed by atoms with E-state index in [1.54, 1.807) is 0 Å². The molecular formula is C15H13ClFNOS. The molecule has 0 unspecified atom stereocenters. The Morgan fingerprint density at radius 1 is 1.25 bits per heavy atom. The monoisotopic (exact) mass is 309 g/mol. The molecule has 1 aromatic heterocycles. The minimum atomic E-state index is -0.482. The summed E-state index contributed by atoms with van der Waals surface area (Å²) in [5.74, 6) is -0.755. The molecule has 20 heavy (non-hydrogen) atoms. The van der Waals surface area contributed by atoms with Crippen LogP contribution in [0.3, 0.4) is 0 Å². The number of benzene rings is 1. The van der Waals surface area contributed by atoms with Gasteiger partial charge in [-0.1, -0.05) is 11.6 Å². The van der Waals surface area contributed by atoms with Crippen LogP contribution in [0.25, 0.3) is 0 Å². The molecule has 1 amide bonds. The highest BCUT2D eigenvalue weighted by Gasteiger charge is 2.18. The largest absolute Gasteiger partial charge is 0.319 e. The van der Waals surface area contributed by atoms with Crippen molar-refractivity contribution in [3.05, 3.63) is 50.4 Å². The second-order valence-electron chi connectivity index (χ2n) is 4.84. The van der Waals surface area contributed by atoms with E-state index in [0.29, 0.717) is 9.90 Å². The summed E-state index contributed by atoms with van der Waals surface area (Å²) in [6.45, 7) is 0. The highest BCUT2D eigenvalue weighted by molar-refractivity contribution is 7.14. The molecule has 104 valence electrons. The van der Waals surface area contributed by atoms with Gasteiger partial charge in [-0.2, -0.15) is 0 Å². The van der Waals surface area contributed by atoms with Crippen molar-refractivity contribution >= 4 is 34.5 Å². The number of thiophene rings is 1. The van der Waals surface area contributed by atoms with E-state index in [1.807, 2.05) is 6.07 Å². The van der Waals surface area contributed by atoms with Gasteiger partial charge in [-0.15, -0.1) is 11.3 Å². The molecule has 3 rings (SSSR count). The lowest BCUT2D eigenvalue weighted by molar-refractivity contribution is 0.103. The average Bonchev–Trinajstić information content (AvgIpc) is 2.87. The zero-order valence-electron chi connectivity index (χ0n) is 10.7. The highest BCUT2D eigenvalue weighted by Crippen LogP contribution is 2.30. The molecule has 2 nitrogen and oxygen atoms in total. The summed E-state index contributed by atoms with van der Waals surface area (Å²) in [5.41, 5.74) is 1.38. The first kappa shape index (κ1) is 13.6. The van der Waals surface area contributed by atoms with E-state index in [2.05, 4.69) is 5.32 Å². The van der Waals surface area contributed by atoms with Crippen molar-refractivity contribution in [3.63, 3.8) is 0 Å². The normalized spacial score (nSPS) is 13.9. The van der Waals surface area contributed by atoms with Gasteiger partial charge < -0.3 is 5.32 Å². The average molecular weight is 310 g/mol. The zero-order chi connectivity index (χ0) is 14.1. The van der Waals surface area contributed by atoms with E-state index in [4.69, 9.17) is 11.6 Å². The van der Waals surface area contributed by atoms with Gasteiger partial charge in [0.2, 0.25) is 0 Å². The molecule has 2 aromatic rings. The number of fused-ring (bicyclic) bond motifs is 1. The molecule has 1 heterocycles. The van der Waals surface area contributed by atoms with Crippen molar-refractivity contribution in [2.75, 3.05) is 5.32 Å². The van der Waals surface area contributed by atoms with Crippen LogP contribution in [-0.2, 0) is 12.8 Å². The second kappa shape index (κ2) is 5.54. The van der Waals surface area contributed by atoms with Crippen LogP contribution in [0.5, 0.6) is 0 Å². The molecule has 1 aliphatic rings. The predicted molar refractivity (Wildman–Crippen MR) is 80.3 cm³/mol. The topological polar surface area (TPSA) is 29.1 Å². The fourth-order valence-corrected chi connectivity index (χ4v) is 3.70. The van der Waals surface area contributed by atoms with E-state index < -0.39 is 5.82 Å². The Morgan fingerprint density at radius 3 is 2.85 bits per heavy atom. The zero-order valence-corrected chi connectivity index (χ0v) is 12.3. The third kappa shape index (κ3) is 2.72. The summed E-state index contributed by atoms with van der Waals surface area (Å²) in [6.07, 6.45) is 4.43. The second-order valence-corrected chi connectivity index (χ2v) is 6.42. The van der Waals surface area contributed by atoms with Crippen LogP contribution in [0.1, 0.15) is 33.0 Å². The first-order chi connectivity index (χ1) is 9.63. The molecule has 0 atom stereocenters. The number of hydrogen-bond donors (Lipinski definition) is 1. The lowest BCUT2D eigenvalue weighted by Gasteiger charge is -2.08. The maximum absolute atomic E-state index is 13.6. The molecule has 0 saturated carbocycles. The molecule has 1 aromatic carbocycles. The maximum atomic E-state index is 13.6. The van der Waals surface area contributed by atoms with Crippen LogP contribution < -0.4 is 5.32 Å². The lowest BCUT2D eigenvalue weighted by atomic mass is 9.99. The summed E-state index contributed by atoms with van der Waals surface area (Å²) >= 11 is 7.32. The number of rotatable bonds is 2. The predicted octanol–water partition coefficient (Wildman–Crippen LogP) is 4.67. The SMILES string of the molecule is O=C(Nc1cc(Cl)ccc1F)c1cc2c(s1)CCCC2. The Balaban J connectivity index is 1.82. The number of carbonyl (C=O) groups excluding carboxylic acids is 1. The summed E-state index contributed by atoms with van der Waals surface area (Å²) in [4.78, 5) is 14.1. The summed E-state index contributed by atoms with van der Waals surface area (Å²) in [6, 6.07) is 6.05. The summed E-state index contributed by atoms with van der Waals surface area (Å²) < 4.78 is 13.6. The van der Waals surface area contributed by atoms with Crippen LogP contribution >= 0.6 is 22.9 Å². The molecule has 1 N–H and O–H groups in total. The van der Waals surface area contributed by atoms with E-state index in [1.165, 1.54) is 52.8 Å². The number of amides is 1. The van der Waals surface area contributed by atoms with E-state index in [-0.39, 0.29) is 11.6 Å². The van der Waals surface area contributed by atoms with Gasteiger partial charge in [-0.25, -0.2) is 4.39 Å². The molecule has 0 bridgehead atoms. The van der Waals surface area contributed by atoms with Gasteiger partial charge in [0.1, 0.15) is 5.82 Å². The van der Waals surface area contributed by atoms with Crippen molar-refractivity contribution < 1.29 is 9.18 Å². The lowest BCUT2D eigenvalue weighted by Crippen LogP contribution is -2.11. The number of aryl methyl sites for hydroxylation is 2. The molecule has 1 aliphatic carbocycles. The Hall–Kier alpha value is -1.39. The van der Waals surface area contributed by atoms with E-state index in [9.17, 15) is 9.18 Å². The Labute approximate surface area is 125 Å². The minimum absolute atomic E-state index is 0.119. The van der Waals surface area contributed by atoms with Gasteiger partial charge in [0.25, 0.3) is 5.91 Å². The highest BCUT2D eigenvalue weighted by atomic mass is 35.5. The van der Waals surface area contributed by atoms with Gasteiger partial charge in [-0.05, 0) is 55.5 Å². The standard InChI is InChI=1S/C15H13ClFNOS/c16-10-5-6-11(17)12(8-10)18-15(19)14-7-9-3-1-2-4-13(9)20-14/h5-8H,1-4H2,(H,18,19). The molecule has 0 spiro atoms. The summed E-state index contributed by atoms with van der Waals surface area (Å²) in [7, 11) is 0. The Kier molecular flexibility index (Phi) is 3.76. The Morgan fingerprint density at radius 2 is 2.05 bits per heavy atom. The molecule has 0 radical (unpaired) electrons. The van der Waals surface area contributed by atoms with E-state index >= 15 is 0 Å². The van der Waals surface area contributed by atoms with Crippen LogP contribution in [0.15, 0.2) is 24.3 Å². The van der Waals surface area contributed by atoms with Gasteiger partial charge in [0, 0.05) is 9.90 Å². The maximum Gasteiger partial charge on any atom is 0.265 e. The molecule has 0 saturated heterocycles. The smallest absolute Gasteiger partial charge is 0.265 e. The number of halogens is 2. The van der Waals surface area contributed by atoms with Crippen LogP contribution in [-0.4, -0.2) is 5.91 Å². The number of hydrogen-bond acceptors (Lipinski definition) is 2. The van der Waals surface area contributed by atoms with Crippen molar-refractivity contribution in [1.29, 1.82) is 0 Å². The van der Waals surface area contributed by atoms with Crippen LogP contribution in [0.4, 0.5) is 10.1 Å². The minimum Gasteiger partial charge on any atom is -0.319 e. The number of nitrogens with one attached hydrogen (secondary N) is 1. The van der Waals surface area contributed by atoms with Crippen molar-refractivity contribution in [2.24, 2.45) is 0 Å². The molecule has 0 fully saturated rings. The molecular weight excluding hydrogens is 297 g/mol. The molecule has 0 aliphatic heterocycles. The van der Waals surface area contributed by atoms with E-state index in [0.717, 1.165) is 12.8 Å². The molecule has 5 heteroatoms. The van der Waals surface area contributed by atoms with Crippen molar-refractivity contribution in [3.8, 4) is 0 Å². The van der Waals surface area contributed by atoms with Crippen molar-refractivity contribution in [2.45, 2.75) is 25.7 Å². The third-order valence-corrected chi connectivity index (χ3v) is 4.87. The van der Waals surface area contributed by atoms with Gasteiger partial charge >= 0.3 is 0 Å². The number of carbonyl (C=O) groups is 1. The van der Waals surface area contributed by atoms with Gasteiger partial charge in [-0.3, -0.25) is 4.79 Å². The van der Waals surface area contributed by atoms with Crippen LogP contribution in [0, 0.1) is 5.82 Å². The third-order valence-electron chi connectivity index (χ3n) is 3.40. The van der Waals surface area contributed by atoms with Gasteiger partial charge in [0.15, 0.2) is 0 Å². The Bertz CT molecular complexity index is 644. The van der Waals surface area contributed by atoms with Crippen molar-refractivity contribution in [1.82, 2.24) is 0 Å². The summed E-state index contributed by atoms with van der Waals surface area (Å²) in [5, 5.41) is 2.98. The quantitative estimate of drug-likeness (QED) is 0.858. The first-order valence-corrected chi connectivity index (χ1v) is 7.71. The first-order valence-electron chi connectivity index (χ1n) is 6.51. The van der Waals surface area contributed by atoms with Gasteiger partial charge in [0.05, 0.1) is 10.6 Å². The fourth-order valence-electron chi connectivity index (χ4n) is 2.38. The number of anilines is 1. The van der Waals surface area contributed by atoms with Crippen LogP contribution in [0.2, 0.25) is 5.02 Å².